The molecule has 0 saturated heterocycles. The summed E-state index contributed by atoms with van der Waals surface area (Å²) >= 11 is 1.78. The molecule has 4 aromatic rings. The highest BCUT2D eigenvalue weighted by Crippen LogP contribution is 2.47. The van der Waals surface area contributed by atoms with Crippen LogP contribution in [0.25, 0.3) is 5.69 Å². The Hall–Kier alpha value is -3.58. The van der Waals surface area contributed by atoms with Crippen molar-refractivity contribution in [2.24, 2.45) is 0 Å². The Labute approximate surface area is 197 Å². The highest BCUT2D eigenvalue weighted by Gasteiger charge is 2.24. The maximum Gasteiger partial charge on any atom is 0.224 e. The third-order valence-electron chi connectivity index (χ3n) is 6.11. The topological polar surface area (TPSA) is 54.3 Å². The van der Waals surface area contributed by atoms with E-state index in [4.69, 9.17) is 0 Å². The minimum absolute atomic E-state index is 0.0289. The first kappa shape index (κ1) is 21.3. The monoisotopic (exact) mass is 455 g/mol. The second kappa shape index (κ2) is 9.11. The predicted octanol–water partition coefficient (Wildman–Crippen LogP) is 5.48. The molecule has 6 nitrogen and oxygen atoms in total. The van der Waals surface area contributed by atoms with Crippen molar-refractivity contribution in [3.8, 4) is 5.69 Å². The summed E-state index contributed by atoms with van der Waals surface area (Å²) in [6.07, 6.45) is 3.62. The minimum atomic E-state index is -0.0289. The van der Waals surface area contributed by atoms with Crippen molar-refractivity contribution in [3.05, 3.63) is 91.0 Å². The number of carbonyl (C=O) groups is 1. The molecule has 5 rings (SSSR count). The summed E-state index contributed by atoms with van der Waals surface area (Å²) in [6.45, 7) is 2.69. The molecule has 7 heteroatoms. The van der Waals surface area contributed by atoms with Gasteiger partial charge >= 0.3 is 0 Å². The molecule has 0 fully saturated rings. The highest BCUT2D eigenvalue weighted by atomic mass is 32.2. The average Bonchev–Trinajstić information content (AvgIpc) is 3.40. The standard InChI is InChI=1S/C26H25N5OS/c1-19(20-11-13-21(14-12-20)31-18-27-17-28-31)29(2)26(32)15-16-30-22-7-3-5-9-24(22)33-25-10-6-4-8-23(25)30/h3-14,17-19H,15-16H2,1-2H3. The van der Waals surface area contributed by atoms with E-state index in [0.717, 1.165) is 22.6 Å². The van der Waals surface area contributed by atoms with Crippen molar-refractivity contribution in [2.75, 3.05) is 18.5 Å². The maximum absolute atomic E-state index is 13.1. The van der Waals surface area contributed by atoms with Gasteiger partial charge in [0.1, 0.15) is 12.7 Å². The molecule has 1 aromatic heterocycles. The first-order chi connectivity index (χ1) is 16.1. The van der Waals surface area contributed by atoms with Gasteiger partial charge in [0.25, 0.3) is 0 Å². The fourth-order valence-electron chi connectivity index (χ4n) is 4.09. The predicted molar refractivity (Wildman–Crippen MR) is 131 cm³/mol. The normalized spacial score (nSPS) is 13.2. The lowest BCUT2D eigenvalue weighted by atomic mass is 10.1. The molecule has 3 aromatic carbocycles. The van der Waals surface area contributed by atoms with Gasteiger partial charge in [-0.05, 0) is 48.9 Å². The van der Waals surface area contributed by atoms with E-state index in [1.165, 1.54) is 16.1 Å². The molecule has 1 aliphatic heterocycles. The van der Waals surface area contributed by atoms with E-state index in [1.807, 2.05) is 36.2 Å². The van der Waals surface area contributed by atoms with Crippen LogP contribution in [0.5, 0.6) is 0 Å². The van der Waals surface area contributed by atoms with Crippen molar-refractivity contribution in [2.45, 2.75) is 29.2 Å². The van der Waals surface area contributed by atoms with Crippen molar-refractivity contribution in [1.29, 1.82) is 0 Å². The quantitative estimate of drug-likeness (QED) is 0.385. The van der Waals surface area contributed by atoms with Crippen molar-refractivity contribution >= 4 is 29.0 Å². The first-order valence-corrected chi connectivity index (χ1v) is 11.8. The number of carbonyl (C=O) groups excluding carboxylic acids is 1. The molecule has 0 spiro atoms. The zero-order chi connectivity index (χ0) is 22.8. The summed E-state index contributed by atoms with van der Waals surface area (Å²) in [5.74, 6) is 0.121. The van der Waals surface area contributed by atoms with E-state index in [-0.39, 0.29) is 11.9 Å². The fraction of sp³-hybridized carbons (Fsp3) is 0.192. The molecule has 1 atom stereocenters. The first-order valence-electron chi connectivity index (χ1n) is 11.0. The second-order valence-electron chi connectivity index (χ2n) is 8.05. The number of amides is 1. The summed E-state index contributed by atoms with van der Waals surface area (Å²) in [6, 6.07) is 24.8. The SMILES string of the molecule is CC(c1ccc(-n2cncn2)cc1)N(C)C(=O)CCN1c2ccccc2Sc2ccccc21. The molecule has 0 radical (unpaired) electrons. The Kier molecular flexibility index (Phi) is 5.88. The van der Waals surface area contributed by atoms with Crippen LogP contribution in [0.2, 0.25) is 0 Å². The maximum atomic E-state index is 13.1. The number of aromatic nitrogens is 3. The number of para-hydroxylation sites is 2. The fourth-order valence-corrected chi connectivity index (χ4v) is 5.19. The van der Waals surface area contributed by atoms with E-state index >= 15 is 0 Å². The molecular weight excluding hydrogens is 430 g/mol. The number of hydrogen-bond acceptors (Lipinski definition) is 5. The number of fused-ring (bicyclic) bond motifs is 2. The van der Waals surface area contributed by atoms with Crippen molar-refractivity contribution in [1.82, 2.24) is 19.7 Å². The van der Waals surface area contributed by atoms with E-state index in [1.54, 1.807) is 22.8 Å². The van der Waals surface area contributed by atoms with Gasteiger partial charge in [-0.3, -0.25) is 4.79 Å². The number of rotatable bonds is 6. The molecule has 33 heavy (non-hydrogen) atoms. The zero-order valence-electron chi connectivity index (χ0n) is 18.6. The molecule has 166 valence electrons. The van der Waals surface area contributed by atoms with Gasteiger partial charge < -0.3 is 9.80 Å². The van der Waals surface area contributed by atoms with E-state index in [0.29, 0.717) is 13.0 Å². The third-order valence-corrected chi connectivity index (χ3v) is 7.24. The van der Waals surface area contributed by atoms with Crippen LogP contribution >= 0.6 is 11.8 Å². The van der Waals surface area contributed by atoms with Crippen LogP contribution in [0.4, 0.5) is 11.4 Å². The molecule has 0 N–H and O–H groups in total. The summed E-state index contributed by atoms with van der Waals surface area (Å²) in [4.78, 5) is 23.7. The molecule has 1 aliphatic rings. The van der Waals surface area contributed by atoms with E-state index in [9.17, 15) is 4.79 Å². The number of nitrogens with zero attached hydrogens (tertiary/aromatic N) is 5. The molecule has 0 bridgehead atoms. The number of benzene rings is 3. The number of anilines is 2. The van der Waals surface area contributed by atoms with Crippen LogP contribution in [0.3, 0.4) is 0 Å². The van der Waals surface area contributed by atoms with Crippen LogP contribution in [-0.2, 0) is 4.79 Å². The Morgan fingerprint density at radius 3 is 2.21 bits per heavy atom. The minimum Gasteiger partial charge on any atom is -0.339 e. The molecule has 1 amide bonds. The molecule has 0 aliphatic carbocycles. The lowest BCUT2D eigenvalue weighted by Crippen LogP contribution is -2.33. The average molecular weight is 456 g/mol. The largest absolute Gasteiger partial charge is 0.339 e. The highest BCUT2D eigenvalue weighted by molar-refractivity contribution is 7.99. The Morgan fingerprint density at radius 1 is 0.970 bits per heavy atom. The molecule has 2 heterocycles. The van der Waals surface area contributed by atoms with Crippen LogP contribution in [0.1, 0.15) is 24.9 Å². The van der Waals surface area contributed by atoms with Gasteiger partial charge in [0.2, 0.25) is 5.91 Å². The Morgan fingerprint density at radius 2 is 1.61 bits per heavy atom. The van der Waals surface area contributed by atoms with Gasteiger partial charge in [0.05, 0.1) is 23.1 Å². The van der Waals surface area contributed by atoms with Gasteiger partial charge in [-0.2, -0.15) is 5.10 Å². The van der Waals surface area contributed by atoms with Gasteiger partial charge in [0, 0.05) is 29.8 Å². The molecule has 0 saturated carbocycles. The second-order valence-corrected chi connectivity index (χ2v) is 9.14. The van der Waals surface area contributed by atoms with Crippen LogP contribution in [-0.4, -0.2) is 39.2 Å². The zero-order valence-corrected chi connectivity index (χ0v) is 19.4. The van der Waals surface area contributed by atoms with Gasteiger partial charge in [-0.15, -0.1) is 0 Å². The Bertz CT molecular complexity index is 1210. The Balaban J connectivity index is 1.28. The van der Waals surface area contributed by atoms with E-state index < -0.39 is 0 Å². The van der Waals surface area contributed by atoms with Crippen molar-refractivity contribution < 1.29 is 4.79 Å². The molecule has 1 unspecified atom stereocenters. The number of hydrogen-bond donors (Lipinski definition) is 0. The smallest absolute Gasteiger partial charge is 0.224 e. The van der Waals surface area contributed by atoms with Gasteiger partial charge in [0.15, 0.2) is 0 Å². The van der Waals surface area contributed by atoms with Crippen molar-refractivity contribution in [3.63, 3.8) is 0 Å². The molecular formula is C26H25N5OS. The lowest BCUT2D eigenvalue weighted by Gasteiger charge is -2.33. The summed E-state index contributed by atoms with van der Waals surface area (Å²) < 4.78 is 1.72. The summed E-state index contributed by atoms with van der Waals surface area (Å²) in [7, 11) is 1.88. The van der Waals surface area contributed by atoms with Crippen LogP contribution in [0, 0.1) is 0 Å². The lowest BCUT2D eigenvalue weighted by molar-refractivity contribution is -0.131. The summed E-state index contributed by atoms with van der Waals surface area (Å²) in [5, 5.41) is 4.16. The third kappa shape index (κ3) is 4.24. The van der Waals surface area contributed by atoms with Gasteiger partial charge in [-0.25, -0.2) is 9.67 Å². The summed E-state index contributed by atoms with van der Waals surface area (Å²) in [5.41, 5.74) is 4.35. The van der Waals surface area contributed by atoms with Crippen LogP contribution < -0.4 is 4.90 Å². The van der Waals surface area contributed by atoms with Crippen LogP contribution in [0.15, 0.2) is 95.2 Å². The van der Waals surface area contributed by atoms with Gasteiger partial charge in [-0.1, -0.05) is 48.2 Å². The van der Waals surface area contributed by atoms with E-state index in [2.05, 4.69) is 70.4 Å².